The lowest BCUT2D eigenvalue weighted by Gasteiger charge is -2.17. The first-order chi connectivity index (χ1) is 10.2. The summed E-state index contributed by atoms with van der Waals surface area (Å²) in [6, 6.07) is 2.96. The molecule has 0 spiro atoms. The van der Waals surface area contributed by atoms with Crippen LogP contribution in [-0.2, 0) is 4.74 Å². The van der Waals surface area contributed by atoms with Crippen LogP contribution in [0.2, 0.25) is 0 Å². The first-order valence-corrected chi connectivity index (χ1v) is 5.64. The second-order valence-corrected chi connectivity index (χ2v) is 3.58. The molecule has 1 aromatic carbocycles. The fourth-order valence-electron chi connectivity index (χ4n) is 1.44. The van der Waals surface area contributed by atoms with Gasteiger partial charge in [0.1, 0.15) is 11.6 Å². The monoisotopic (exact) mass is 325 g/mol. The molecule has 5 nitrogen and oxygen atoms in total. The van der Waals surface area contributed by atoms with Crippen molar-refractivity contribution in [2.45, 2.75) is 19.9 Å². The van der Waals surface area contributed by atoms with Crippen molar-refractivity contribution >= 4 is 5.97 Å². The Morgan fingerprint density at radius 1 is 1.32 bits per heavy atom. The number of carbonyl (C=O) groups is 1. The van der Waals surface area contributed by atoms with Crippen LogP contribution in [0.5, 0.6) is 11.5 Å². The Morgan fingerprint density at radius 2 is 1.95 bits per heavy atom. The quantitative estimate of drug-likeness (QED) is 0.614. The molecule has 0 heterocycles. The summed E-state index contributed by atoms with van der Waals surface area (Å²) in [4.78, 5) is 11.6. The summed E-state index contributed by atoms with van der Waals surface area (Å²) in [5.74, 6) is -3.75. The molecule has 1 aromatic rings. The predicted octanol–water partition coefficient (Wildman–Crippen LogP) is 3.23. The van der Waals surface area contributed by atoms with E-state index in [1.165, 1.54) is 13.0 Å². The highest BCUT2D eigenvalue weighted by Gasteiger charge is 2.36. The second-order valence-electron chi connectivity index (χ2n) is 3.58. The summed E-state index contributed by atoms with van der Waals surface area (Å²) in [6.45, 7) is -2.29. The van der Waals surface area contributed by atoms with Crippen LogP contribution >= 0.6 is 0 Å². The van der Waals surface area contributed by atoms with Crippen LogP contribution in [0, 0.1) is 11.3 Å². The van der Waals surface area contributed by atoms with Crippen LogP contribution in [0.1, 0.15) is 22.8 Å². The van der Waals surface area contributed by atoms with Crippen LogP contribution in [0.25, 0.3) is 0 Å². The predicted molar refractivity (Wildman–Crippen MR) is 60.4 cm³/mol. The average molecular weight is 325 g/mol. The summed E-state index contributed by atoms with van der Waals surface area (Å²) in [5.41, 5.74) is -1.46. The molecule has 0 aliphatic rings. The number of nitriles is 1. The standard InChI is InChI=1S/C12H8F5NO4/c1-2-20-10(19)7-4-3-6(5-18)8(22-12(15,16)17)9(7)21-11(13)14/h3-4,11H,2H2,1H3. The van der Waals surface area contributed by atoms with Crippen LogP contribution in [0.4, 0.5) is 22.0 Å². The van der Waals surface area contributed by atoms with Crippen molar-refractivity contribution in [3.05, 3.63) is 23.3 Å². The Morgan fingerprint density at radius 3 is 2.41 bits per heavy atom. The highest BCUT2D eigenvalue weighted by Crippen LogP contribution is 2.39. The number of hydrogen-bond donors (Lipinski definition) is 0. The van der Waals surface area contributed by atoms with Crippen LogP contribution in [0.3, 0.4) is 0 Å². The smallest absolute Gasteiger partial charge is 0.462 e. The van der Waals surface area contributed by atoms with Crippen molar-refractivity contribution < 1.29 is 41.0 Å². The molecular formula is C12H8F5NO4. The Bertz CT molecular complexity index is 594. The Labute approximate surface area is 120 Å². The van der Waals surface area contributed by atoms with Crippen molar-refractivity contribution in [1.82, 2.24) is 0 Å². The van der Waals surface area contributed by atoms with Gasteiger partial charge in [-0.25, -0.2) is 4.79 Å². The molecule has 120 valence electrons. The van der Waals surface area contributed by atoms with Crippen LogP contribution < -0.4 is 9.47 Å². The number of hydrogen-bond acceptors (Lipinski definition) is 5. The molecule has 0 amide bonds. The van der Waals surface area contributed by atoms with Gasteiger partial charge in [0.2, 0.25) is 0 Å². The average Bonchev–Trinajstić information content (AvgIpc) is 2.38. The van der Waals surface area contributed by atoms with E-state index < -0.39 is 41.6 Å². The fourth-order valence-corrected chi connectivity index (χ4v) is 1.44. The maximum Gasteiger partial charge on any atom is 0.573 e. The Kier molecular flexibility index (Phi) is 5.50. The van der Waals surface area contributed by atoms with Crippen LogP contribution in [-0.4, -0.2) is 25.6 Å². The lowest BCUT2D eigenvalue weighted by atomic mass is 10.1. The van der Waals surface area contributed by atoms with E-state index in [2.05, 4.69) is 14.2 Å². The molecular weight excluding hydrogens is 317 g/mol. The molecule has 0 unspecified atom stereocenters. The van der Waals surface area contributed by atoms with Gasteiger partial charge in [0.15, 0.2) is 11.5 Å². The van der Waals surface area contributed by atoms with Gasteiger partial charge in [0.05, 0.1) is 12.2 Å². The minimum absolute atomic E-state index is 0.150. The first kappa shape index (κ1) is 17.5. The molecule has 0 atom stereocenters. The molecule has 0 aromatic heterocycles. The largest absolute Gasteiger partial charge is 0.573 e. The number of alkyl halides is 5. The summed E-state index contributed by atoms with van der Waals surface area (Å²) >= 11 is 0. The minimum atomic E-state index is -5.28. The van der Waals surface area contributed by atoms with Crippen molar-refractivity contribution in [3.8, 4) is 17.6 Å². The third-order valence-corrected chi connectivity index (χ3v) is 2.15. The Balaban J connectivity index is 3.50. The molecule has 1 rings (SSSR count). The van der Waals surface area contributed by atoms with Crippen LogP contribution in [0.15, 0.2) is 12.1 Å². The maximum absolute atomic E-state index is 12.4. The van der Waals surface area contributed by atoms with Gasteiger partial charge in [-0.3, -0.25) is 0 Å². The number of ether oxygens (including phenoxy) is 3. The summed E-state index contributed by atoms with van der Waals surface area (Å²) < 4.78 is 73.9. The third-order valence-electron chi connectivity index (χ3n) is 2.15. The van der Waals surface area contributed by atoms with Gasteiger partial charge in [0.25, 0.3) is 0 Å². The topological polar surface area (TPSA) is 68.6 Å². The normalized spacial score (nSPS) is 11.0. The second kappa shape index (κ2) is 6.93. The molecule has 0 aliphatic carbocycles. The zero-order chi connectivity index (χ0) is 16.9. The molecule has 10 heteroatoms. The number of rotatable bonds is 5. The van der Waals surface area contributed by atoms with Gasteiger partial charge in [-0.05, 0) is 19.1 Å². The highest BCUT2D eigenvalue weighted by atomic mass is 19.4. The van der Waals surface area contributed by atoms with Gasteiger partial charge in [-0.2, -0.15) is 14.0 Å². The number of nitrogens with zero attached hydrogens (tertiary/aromatic N) is 1. The number of halogens is 5. The lowest BCUT2D eigenvalue weighted by Crippen LogP contribution is -2.20. The number of carbonyl (C=O) groups excluding carboxylic acids is 1. The molecule has 0 saturated carbocycles. The van der Waals surface area contributed by atoms with Gasteiger partial charge in [0, 0.05) is 0 Å². The van der Waals surface area contributed by atoms with E-state index in [1.54, 1.807) is 0 Å². The minimum Gasteiger partial charge on any atom is -0.462 e. The van der Waals surface area contributed by atoms with E-state index >= 15 is 0 Å². The van der Waals surface area contributed by atoms with E-state index in [0.29, 0.717) is 0 Å². The van der Waals surface area contributed by atoms with Crippen molar-refractivity contribution in [2.75, 3.05) is 6.61 Å². The van der Waals surface area contributed by atoms with Crippen molar-refractivity contribution in [3.63, 3.8) is 0 Å². The highest BCUT2D eigenvalue weighted by molar-refractivity contribution is 5.94. The lowest BCUT2D eigenvalue weighted by molar-refractivity contribution is -0.275. The number of benzene rings is 1. The van der Waals surface area contributed by atoms with E-state index in [9.17, 15) is 26.7 Å². The first-order valence-electron chi connectivity index (χ1n) is 5.64. The summed E-state index contributed by atoms with van der Waals surface area (Å²) in [7, 11) is 0. The molecule has 22 heavy (non-hydrogen) atoms. The fraction of sp³-hybridized carbons (Fsp3) is 0.333. The van der Waals surface area contributed by atoms with Crippen molar-refractivity contribution in [1.29, 1.82) is 5.26 Å². The van der Waals surface area contributed by atoms with Crippen molar-refractivity contribution in [2.24, 2.45) is 0 Å². The van der Waals surface area contributed by atoms with E-state index in [-0.39, 0.29) is 6.61 Å². The molecule has 0 radical (unpaired) electrons. The molecule has 0 fully saturated rings. The van der Waals surface area contributed by atoms with E-state index in [4.69, 9.17) is 5.26 Å². The molecule has 0 N–H and O–H groups in total. The van der Waals surface area contributed by atoms with Gasteiger partial charge in [-0.15, -0.1) is 13.2 Å². The SMILES string of the molecule is CCOC(=O)c1ccc(C#N)c(OC(F)(F)F)c1OC(F)F. The maximum atomic E-state index is 12.4. The Hall–Kier alpha value is -2.57. The number of esters is 1. The third kappa shape index (κ3) is 4.47. The zero-order valence-corrected chi connectivity index (χ0v) is 10.9. The van der Waals surface area contributed by atoms with E-state index in [1.807, 2.05) is 0 Å². The molecule has 0 bridgehead atoms. The summed E-state index contributed by atoms with van der Waals surface area (Å²) in [6.07, 6.45) is -5.28. The molecule has 0 aliphatic heterocycles. The van der Waals surface area contributed by atoms with Gasteiger partial charge < -0.3 is 14.2 Å². The summed E-state index contributed by atoms with van der Waals surface area (Å²) in [5, 5.41) is 8.75. The zero-order valence-electron chi connectivity index (χ0n) is 10.9. The van der Waals surface area contributed by atoms with Gasteiger partial charge in [-0.1, -0.05) is 0 Å². The molecule has 0 saturated heterocycles. The van der Waals surface area contributed by atoms with Gasteiger partial charge >= 0.3 is 18.9 Å². The van der Waals surface area contributed by atoms with E-state index in [0.717, 1.165) is 12.1 Å².